The fraction of sp³-hybridized carbons (Fsp3) is 0.125. The molecular formula is C16H14N4O2. The summed E-state index contributed by atoms with van der Waals surface area (Å²) in [5.41, 5.74) is 1.64. The molecule has 0 unspecified atom stereocenters. The number of hydrogen-bond acceptors (Lipinski definition) is 6. The van der Waals surface area contributed by atoms with Crippen LogP contribution in [0.25, 0.3) is 0 Å². The van der Waals surface area contributed by atoms with Crippen molar-refractivity contribution < 1.29 is 9.68 Å². The molecule has 0 radical (unpaired) electrons. The van der Waals surface area contributed by atoms with E-state index in [0.717, 1.165) is 11.1 Å². The fourth-order valence-corrected chi connectivity index (χ4v) is 1.90. The van der Waals surface area contributed by atoms with Gasteiger partial charge in [0.15, 0.2) is 11.5 Å². The number of benzene rings is 2. The topological polar surface area (TPSA) is 67.9 Å². The van der Waals surface area contributed by atoms with Crippen molar-refractivity contribution in [2.75, 3.05) is 13.1 Å². The van der Waals surface area contributed by atoms with Crippen LogP contribution in [-0.4, -0.2) is 25.5 Å². The van der Waals surface area contributed by atoms with E-state index < -0.39 is 0 Å². The smallest absolute Gasteiger partial charge is 0.168 e. The molecule has 2 aromatic carbocycles. The molecule has 6 nitrogen and oxygen atoms in total. The average Bonchev–Trinajstić information content (AvgIpc) is 2.56. The van der Waals surface area contributed by atoms with Crippen molar-refractivity contribution in [2.45, 2.75) is 0 Å². The van der Waals surface area contributed by atoms with Crippen LogP contribution in [0.2, 0.25) is 0 Å². The van der Waals surface area contributed by atoms with Gasteiger partial charge in [-0.05, 0) is 24.3 Å². The maximum Gasteiger partial charge on any atom is 0.168 e. The monoisotopic (exact) mass is 294 g/mol. The zero-order valence-corrected chi connectivity index (χ0v) is 11.8. The maximum absolute atomic E-state index is 5.26. The van der Waals surface area contributed by atoms with E-state index in [-0.39, 0.29) is 0 Å². The Bertz CT molecular complexity index is 664. The molecule has 0 spiro atoms. The lowest BCUT2D eigenvalue weighted by Crippen LogP contribution is -1.96. The maximum atomic E-state index is 5.26. The minimum absolute atomic E-state index is 0.562. The lowest BCUT2D eigenvalue weighted by atomic mass is 10.2. The zero-order valence-electron chi connectivity index (χ0n) is 11.8. The normalized spacial score (nSPS) is 15.6. The van der Waals surface area contributed by atoms with Gasteiger partial charge in [0.2, 0.25) is 0 Å². The highest BCUT2D eigenvalue weighted by Gasteiger charge is 2.02. The SMILES string of the molecule is C1=NCCN=Cc2ccccc2O/N=N/Oc2ccccc21. The highest BCUT2D eigenvalue weighted by atomic mass is 16.7. The van der Waals surface area contributed by atoms with Crippen LogP contribution >= 0.6 is 0 Å². The second-order valence-electron chi connectivity index (χ2n) is 4.49. The predicted octanol–water partition coefficient (Wildman–Crippen LogP) is 3.28. The van der Waals surface area contributed by atoms with Gasteiger partial charge in [-0.3, -0.25) is 9.98 Å². The van der Waals surface area contributed by atoms with Crippen molar-refractivity contribution in [3.8, 4) is 11.5 Å². The molecule has 0 fully saturated rings. The molecule has 2 aromatic rings. The third-order valence-corrected chi connectivity index (χ3v) is 2.97. The first-order chi connectivity index (χ1) is 10.9. The molecule has 6 heteroatoms. The van der Waals surface area contributed by atoms with Crippen molar-refractivity contribution in [1.29, 1.82) is 0 Å². The molecule has 1 heterocycles. The van der Waals surface area contributed by atoms with Gasteiger partial charge in [-0.15, -0.1) is 0 Å². The zero-order chi connectivity index (χ0) is 15.0. The minimum atomic E-state index is 0.562. The van der Waals surface area contributed by atoms with Gasteiger partial charge in [-0.2, -0.15) is 0 Å². The summed E-state index contributed by atoms with van der Waals surface area (Å²) in [7, 11) is 0. The lowest BCUT2D eigenvalue weighted by Gasteiger charge is -2.03. The van der Waals surface area contributed by atoms with Crippen LogP contribution in [0, 0.1) is 0 Å². The Hall–Kier alpha value is -3.02. The van der Waals surface area contributed by atoms with Gasteiger partial charge in [-0.25, -0.2) is 0 Å². The van der Waals surface area contributed by atoms with Gasteiger partial charge < -0.3 is 9.68 Å². The Balaban J connectivity index is 1.87. The highest BCUT2D eigenvalue weighted by molar-refractivity contribution is 5.84. The van der Waals surface area contributed by atoms with Crippen molar-refractivity contribution >= 4 is 12.4 Å². The quantitative estimate of drug-likeness (QED) is 0.748. The van der Waals surface area contributed by atoms with E-state index in [2.05, 4.69) is 20.5 Å². The highest BCUT2D eigenvalue weighted by Crippen LogP contribution is 2.18. The summed E-state index contributed by atoms with van der Waals surface area (Å²) in [5, 5.41) is 7.19. The molecule has 0 aromatic heterocycles. The van der Waals surface area contributed by atoms with Crippen LogP contribution in [0.1, 0.15) is 11.1 Å². The summed E-state index contributed by atoms with van der Waals surface area (Å²) in [5.74, 6) is 1.12. The van der Waals surface area contributed by atoms with Crippen LogP contribution < -0.4 is 9.68 Å². The second kappa shape index (κ2) is 7.12. The first kappa shape index (κ1) is 13.9. The van der Waals surface area contributed by atoms with Crippen LogP contribution in [-0.2, 0) is 0 Å². The van der Waals surface area contributed by atoms with Gasteiger partial charge in [-0.1, -0.05) is 24.3 Å². The standard InChI is InChI=1S/C16H14N4O2/c1-3-7-15-13(5-1)11-17-9-10-18-12-14-6-2-4-8-16(14)22-20-19-21-15/h1-8,11-12H,9-10H2/b17-11?,18-12?,20-19+. The van der Waals surface area contributed by atoms with E-state index in [1.54, 1.807) is 24.6 Å². The van der Waals surface area contributed by atoms with E-state index >= 15 is 0 Å². The summed E-state index contributed by atoms with van der Waals surface area (Å²) in [6.45, 7) is 1.19. The summed E-state index contributed by atoms with van der Waals surface area (Å²) in [6.07, 6.45) is 3.47. The van der Waals surface area contributed by atoms with Crippen molar-refractivity contribution in [2.24, 2.45) is 20.5 Å². The number of para-hydroxylation sites is 2. The summed E-state index contributed by atoms with van der Waals surface area (Å²) in [4.78, 5) is 19.2. The van der Waals surface area contributed by atoms with Crippen molar-refractivity contribution in [3.63, 3.8) is 0 Å². The molecule has 3 rings (SSSR count). The Morgan fingerprint density at radius 1 is 0.636 bits per heavy atom. The average molecular weight is 294 g/mol. The molecule has 0 amide bonds. The van der Waals surface area contributed by atoms with Crippen LogP contribution in [0.4, 0.5) is 0 Å². The number of nitrogens with zero attached hydrogens (tertiary/aromatic N) is 4. The Morgan fingerprint density at radius 2 is 1.09 bits per heavy atom. The predicted molar refractivity (Wildman–Crippen MR) is 83.9 cm³/mol. The molecule has 0 N–H and O–H groups in total. The fourth-order valence-electron chi connectivity index (χ4n) is 1.90. The van der Waals surface area contributed by atoms with E-state index in [4.69, 9.17) is 9.68 Å². The Kier molecular flexibility index (Phi) is 4.51. The first-order valence-corrected chi connectivity index (χ1v) is 6.85. The van der Waals surface area contributed by atoms with Gasteiger partial charge >= 0.3 is 0 Å². The van der Waals surface area contributed by atoms with E-state index in [1.807, 2.05) is 36.4 Å². The largest absolute Gasteiger partial charge is 0.336 e. The molecular weight excluding hydrogens is 280 g/mol. The van der Waals surface area contributed by atoms with E-state index in [1.165, 1.54) is 0 Å². The summed E-state index contributed by atoms with van der Waals surface area (Å²) < 4.78 is 0. The number of aliphatic imine (C=N–C) groups is 2. The van der Waals surface area contributed by atoms with Crippen LogP contribution in [0.5, 0.6) is 11.5 Å². The van der Waals surface area contributed by atoms with Crippen molar-refractivity contribution in [3.05, 3.63) is 59.7 Å². The van der Waals surface area contributed by atoms with Gasteiger partial charge in [0.05, 0.1) is 23.6 Å². The molecule has 0 bridgehead atoms. The Morgan fingerprint density at radius 3 is 1.59 bits per heavy atom. The van der Waals surface area contributed by atoms with Gasteiger partial charge in [0, 0.05) is 23.6 Å². The molecule has 110 valence electrons. The van der Waals surface area contributed by atoms with Crippen molar-refractivity contribution in [1.82, 2.24) is 0 Å². The Labute approximate surface area is 127 Å². The van der Waals surface area contributed by atoms with Crippen LogP contribution in [0.3, 0.4) is 0 Å². The molecule has 22 heavy (non-hydrogen) atoms. The lowest BCUT2D eigenvalue weighted by molar-refractivity contribution is 0.208. The van der Waals surface area contributed by atoms with Crippen LogP contribution in [0.15, 0.2) is 69.1 Å². The molecule has 1 aliphatic rings. The third-order valence-electron chi connectivity index (χ3n) is 2.97. The summed E-state index contributed by atoms with van der Waals surface area (Å²) in [6, 6.07) is 14.9. The number of rotatable bonds is 0. The number of fused-ring (bicyclic) bond motifs is 2. The molecule has 0 saturated heterocycles. The van der Waals surface area contributed by atoms with Gasteiger partial charge in [0.25, 0.3) is 0 Å². The minimum Gasteiger partial charge on any atom is -0.336 e. The molecule has 0 aliphatic carbocycles. The first-order valence-electron chi connectivity index (χ1n) is 6.85. The molecule has 0 saturated carbocycles. The second-order valence-corrected chi connectivity index (χ2v) is 4.49. The summed E-state index contributed by atoms with van der Waals surface area (Å²) >= 11 is 0. The molecule has 0 atom stereocenters. The van der Waals surface area contributed by atoms with Gasteiger partial charge in [0.1, 0.15) is 0 Å². The van der Waals surface area contributed by atoms with E-state index in [0.29, 0.717) is 24.6 Å². The van der Waals surface area contributed by atoms with E-state index in [9.17, 15) is 0 Å². The number of hydrogen-bond donors (Lipinski definition) is 0. The third kappa shape index (κ3) is 3.54. The molecule has 1 aliphatic heterocycles.